The van der Waals surface area contributed by atoms with E-state index in [2.05, 4.69) is 14.8 Å². The highest BCUT2D eigenvalue weighted by Gasteiger charge is 2.06. The zero-order valence-corrected chi connectivity index (χ0v) is 11.5. The van der Waals surface area contributed by atoms with Crippen LogP contribution in [0.25, 0.3) is 11.3 Å². The van der Waals surface area contributed by atoms with Crippen molar-refractivity contribution in [1.82, 2.24) is 19.5 Å². The predicted octanol–water partition coefficient (Wildman–Crippen LogP) is 0.884. The van der Waals surface area contributed by atoms with E-state index < -0.39 is 10.0 Å². The molecule has 2 aromatic rings. The third kappa shape index (κ3) is 3.87. The van der Waals surface area contributed by atoms with Gasteiger partial charge in [-0.1, -0.05) is 0 Å². The number of sulfonamides is 1. The first-order valence-corrected chi connectivity index (χ1v) is 7.67. The van der Waals surface area contributed by atoms with Crippen LogP contribution < -0.4 is 4.72 Å². The Bertz CT molecular complexity index is 622. The minimum absolute atomic E-state index is 0.0916. The van der Waals surface area contributed by atoms with Crippen LogP contribution >= 0.6 is 0 Å². The van der Waals surface area contributed by atoms with Crippen LogP contribution in [0.2, 0.25) is 0 Å². The smallest absolute Gasteiger partial charge is 0.211 e. The number of hydrogen-bond donors (Lipinski definition) is 1. The third-order valence-corrected chi connectivity index (χ3v) is 4.06. The monoisotopic (exact) mass is 280 g/mol. The van der Waals surface area contributed by atoms with Gasteiger partial charge in [-0.3, -0.25) is 9.67 Å². The van der Waals surface area contributed by atoms with Gasteiger partial charge in [0.1, 0.15) is 0 Å². The number of aromatic nitrogens is 3. The molecule has 0 saturated carbocycles. The molecule has 0 radical (unpaired) electrons. The number of pyridine rings is 1. The fourth-order valence-electron chi connectivity index (χ4n) is 1.58. The van der Waals surface area contributed by atoms with Crippen molar-refractivity contribution < 1.29 is 8.42 Å². The zero-order chi connectivity index (χ0) is 13.7. The van der Waals surface area contributed by atoms with Gasteiger partial charge in [0.2, 0.25) is 10.0 Å². The zero-order valence-electron chi connectivity index (χ0n) is 10.7. The van der Waals surface area contributed by atoms with E-state index >= 15 is 0 Å². The van der Waals surface area contributed by atoms with Crippen molar-refractivity contribution in [1.29, 1.82) is 0 Å². The summed E-state index contributed by atoms with van der Waals surface area (Å²) >= 11 is 0. The summed E-state index contributed by atoms with van der Waals surface area (Å²) in [5.74, 6) is 0.0916. The second-order valence-corrected chi connectivity index (χ2v) is 6.09. The van der Waals surface area contributed by atoms with Gasteiger partial charge in [-0.15, -0.1) is 0 Å². The molecule has 6 nitrogen and oxygen atoms in total. The number of rotatable bonds is 6. The molecule has 0 saturated heterocycles. The lowest BCUT2D eigenvalue weighted by molar-refractivity contribution is 0.562. The summed E-state index contributed by atoms with van der Waals surface area (Å²) in [4.78, 5) is 3.95. The molecule has 7 heteroatoms. The van der Waals surface area contributed by atoms with Gasteiger partial charge in [-0.25, -0.2) is 13.1 Å². The molecule has 0 aliphatic carbocycles. The lowest BCUT2D eigenvalue weighted by Crippen LogP contribution is -2.28. The highest BCUT2D eigenvalue weighted by molar-refractivity contribution is 7.89. The maximum absolute atomic E-state index is 11.3. The fraction of sp³-hybridized carbons (Fsp3) is 0.333. The van der Waals surface area contributed by atoms with E-state index in [1.54, 1.807) is 24.0 Å². The van der Waals surface area contributed by atoms with E-state index in [1.165, 1.54) is 0 Å². The van der Waals surface area contributed by atoms with Crippen molar-refractivity contribution in [2.24, 2.45) is 0 Å². The molecule has 0 spiro atoms. The fourth-order valence-corrected chi connectivity index (χ4v) is 2.19. The van der Waals surface area contributed by atoms with E-state index in [9.17, 15) is 8.42 Å². The first-order chi connectivity index (χ1) is 9.11. The van der Waals surface area contributed by atoms with E-state index in [4.69, 9.17) is 0 Å². The molecule has 0 amide bonds. The molecular formula is C12H16N4O2S. The van der Waals surface area contributed by atoms with Crippen molar-refractivity contribution in [2.75, 3.05) is 12.3 Å². The maximum Gasteiger partial charge on any atom is 0.211 e. The molecule has 0 bridgehead atoms. The van der Waals surface area contributed by atoms with Gasteiger partial charge in [0.05, 0.1) is 18.0 Å². The minimum atomic E-state index is -3.13. The Hall–Kier alpha value is -1.73. The van der Waals surface area contributed by atoms with Crippen LogP contribution in [0.4, 0.5) is 0 Å². The second kappa shape index (κ2) is 5.94. The average Bonchev–Trinajstić information content (AvgIpc) is 2.88. The van der Waals surface area contributed by atoms with E-state index in [-0.39, 0.29) is 5.75 Å². The van der Waals surface area contributed by atoms with Gasteiger partial charge in [0, 0.05) is 30.7 Å². The molecule has 2 rings (SSSR count). The van der Waals surface area contributed by atoms with Gasteiger partial charge < -0.3 is 0 Å². The Morgan fingerprint density at radius 3 is 2.68 bits per heavy atom. The Balaban J connectivity index is 1.95. The van der Waals surface area contributed by atoms with Crippen molar-refractivity contribution >= 4 is 10.0 Å². The highest BCUT2D eigenvalue weighted by atomic mass is 32.2. The molecule has 0 atom stereocenters. The number of nitrogens with zero attached hydrogens (tertiary/aromatic N) is 3. The Morgan fingerprint density at radius 2 is 2.00 bits per heavy atom. The maximum atomic E-state index is 11.3. The van der Waals surface area contributed by atoms with Gasteiger partial charge in [-0.2, -0.15) is 5.10 Å². The normalized spacial score (nSPS) is 11.6. The number of nitrogens with one attached hydrogen (secondary N) is 1. The molecule has 0 aromatic carbocycles. The summed E-state index contributed by atoms with van der Waals surface area (Å²) in [6, 6.07) is 5.66. The van der Waals surface area contributed by atoms with Crippen LogP contribution in [0.5, 0.6) is 0 Å². The van der Waals surface area contributed by atoms with Crippen LogP contribution in [-0.2, 0) is 16.6 Å². The Labute approximate surface area is 112 Å². The molecule has 19 heavy (non-hydrogen) atoms. The van der Waals surface area contributed by atoms with Gasteiger partial charge >= 0.3 is 0 Å². The largest absolute Gasteiger partial charge is 0.271 e. The lowest BCUT2D eigenvalue weighted by Gasteiger charge is -2.04. The summed E-state index contributed by atoms with van der Waals surface area (Å²) < 4.78 is 26.8. The topological polar surface area (TPSA) is 76.9 Å². The van der Waals surface area contributed by atoms with Crippen molar-refractivity contribution in [2.45, 2.75) is 13.5 Å². The average molecular weight is 280 g/mol. The predicted molar refractivity (Wildman–Crippen MR) is 72.9 cm³/mol. The van der Waals surface area contributed by atoms with Crippen LogP contribution in [0, 0.1) is 0 Å². The summed E-state index contributed by atoms with van der Waals surface area (Å²) in [6.45, 7) is 2.45. The van der Waals surface area contributed by atoms with Crippen LogP contribution in [0.3, 0.4) is 0 Å². The first kappa shape index (κ1) is 13.7. The molecular weight excluding hydrogens is 264 g/mol. The molecule has 2 heterocycles. The second-order valence-electron chi connectivity index (χ2n) is 4.00. The van der Waals surface area contributed by atoms with Gasteiger partial charge in [0.15, 0.2) is 0 Å². The summed E-state index contributed by atoms with van der Waals surface area (Å²) in [7, 11) is -3.13. The van der Waals surface area contributed by atoms with Gasteiger partial charge in [0.25, 0.3) is 0 Å². The summed E-state index contributed by atoms with van der Waals surface area (Å²) in [6.07, 6.45) is 5.25. The third-order valence-electron chi connectivity index (χ3n) is 2.66. The molecule has 0 aliphatic rings. The molecule has 0 fully saturated rings. The molecule has 0 unspecified atom stereocenters. The Kier molecular flexibility index (Phi) is 4.28. The van der Waals surface area contributed by atoms with Crippen LogP contribution in [0.15, 0.2) is 36.8 Å². The molecule has 102 valence electrons. The minimum Gasteiger partial charge on any atom is -0.271 e. The first-order valence-electron chi connectivity index (χ1n) is 6.02. The van der Waals surface area contributed by atoms with E-state index in [0.29, 0.717) is 13.1 Å². The molecule has 0 aliphatic heterocycles. The highest BCUT2D eigenvalue weighted by Crippen LogP contribution is 2.14. The SMILES string of the molecule is CCS(=O)(=O)NCCn1ccc(-c2ccncc2)n1. The van der Waals surface area contributed by atoms with Crippen LogP contribution in [0.1, 0.15) is 6.92 Å². The van der Waals surface area contributed by atoms with E-state index in [1.807, 2.05) is 24.4 Å². The summed E-state index contributed by atoms with van der Waals surface area (Å²) in [5, 5.41) is 4.38. The quantitative estimate of drug-likeness (QED) is 0.852. The van der Waals surface area contributed by atoms with Crippen molar-refractivity contribution in [3.8, 4) is 11.3 Å². The summed E-state index contributed by atoms with van der Waals surface area (Å²) in [5.41, 5.74) is 1.84. The number of hydrogen-bond acceptors (Lipinski definition) is 4. The van der Waals surface area contributed by atoms with Crippen LogP contribution in [-0.4, -0.2) is 35.5 Å². The standard InChI is InChI=1S/C12H16N4O2S/c1-2-19(17,18)14-8-10-16-9-5-12(15-16)11-3-6-13-7-4-11/h3-7,9,14H,2,8,10H2,1H3. The van der Waals surface area contributed by atoms with E-state index in [0.717, 1.165) is 11.3 Å². The Morgan fingerprint density at radius 1 is 1.26 bits per heavy atom. The molecule has 1 N–H and O–H groups in total. The van der Waals surface area contributed by atoms with Gasteiger partial charge in [-0.05, 0) is 25.1 Å². The lowest BCUT2D eigenvalue weighted by atomic mass is 10.2. The molecule has 2 aromatic heterocycles. The van der Waals surface area contributed by atoms with Crippen molar-refractivity contribution in [3.63, 3.8) is 0 Å². The van der Waals surface area contributed by atoms with Crippen molar-refractivity contribution in [3.05, 3.63) is 36.8 Å².